The average Bonchev–Trinajstić information content (AvgIpc) is 2.38. The van der Waals surface area contributed by atoms with Crippen molar-refractivity contribution in [2.75, 3.05) is 5.32 Å². The molecule has 0 spiro atoms. The molecule has 0 amide bonds. The summed E-state index contributed by atoms with van der Waals surface area (Å²) >= 11 is 0. The van der Waals surface area contributed by atoms with Crippen LogP contribution >= 0.6 is 0 Å². The maximum atomic E-state index is 11.3. The molecule has 1 fully saturated rings. The maximum Gasteiger partial charge on any atom is 0.308 e. The molecule has 110 valence electrons. The summed E-state index contributed by atoms with van der Waals surface area (Å²) < 4.78 is 0. The van der Waals surface area contributed by atoms with Gasteiger partial charge in [0.05, 0.1) is 5.92 Å². The monoisotopic (exact) mass is 277 g/mol. The second kappa shape index (κ2) is 6.20. The van der Waals surface area contributed by atoms with E-state index in [1.165, 1.54) is 0 Å². The summed E-state index contributed by atoms with van der Waals surface area (Å²) in [6.07, 6.45) is 3.70. The number of carbonyl (C=O) groups is 1. The molecule has 2 N–H and O–H groups in total. The quantitative estimate of drug-likeness (QED) is 0.885. The van der Waals surface area contributed by atoms with E-state index in [9.17, 15) is 9.90 Å². The van der Waals surface area contributed by atoms with Crippen molar-refractivity contribution in [1.82, 2.24) is 9.97 Å². The summed E-state index contributed by atoms with van der Waals surface area (Å²) in [6.45, 7) is 6.05. The maximum absolute atomic E-state index is 11.3. The van der Waals surface area contributed by atoms with Gasteiger partial charge in [-0.1, -0.05) is 26.7 Å². The Morgan fingerprint density at radius 1 is 1.35 bits per heavy atom. The van der Waals surface area contributed by atoms with Crippen LogP contribution in [0.3, 0.4) is 0 Å². The van der Waals surface area contributed by atoms with Crippen molar-refractivity contribution >= 4 is 11.8 Å². The summed E-state index contributed by atoms with van der Waals surface area (Å²) in [5.74, 6) is 0.783. The van der Waals surface area contributed by atoms with Gasteiger partial charge >= 0.3 is 5.97 Å². The molecule has 0 saturated heterocycles. The molecule has 0 aromatic carbocycles. The molecular weight excluding hydrogens is 254 g/mol. The number of aryl methyl sites for hydroxylation is 1. The van der Waals surface area contributed by atoms with Crippen LogP contribution < -0.4 is 5.32 Å². The second-order valence-electron chi connectivity index (χ2n) is 5.89. The molecular formula is C15H23N3O2. The topological polar surface area (TPSA) is 75.1 Å². The minimum Gasteiger partial charge on any atom is -0.481 e. The van der Waals surface area contributed by atoms with E-state index in [2.05, 4.69) is 29.1 Å². The van der Waals surface area contributed by atoms with Gasteiger partial charge in [-0.05, 0) is 19.8 Å². The van der Waals surface area contributed by atoms with Gasteiger partial charge in [-0.15, -0.1) is 0 Å². The Morgan fingerprint density at radius 2 is 2.05 bits per heavy atom. The van der Waals surface area contributed by atoms with E-state index in [4.69, 9.17) is 0 Å². The number of anilines is 1. The molecule has 1 saturated carbocycles. The molecule has 1 heterocycles. The van der Waals surface area contributed by atoms with Crippen LogP contribution in [0.25, 0.3) is 0 Å². The largest absolute Gasteiger partial charge is 0.481 e. The highest BCUT2D eigenvalue weighted by atomic mass is 16.4. The fourth-order valence-corrected chi connectivity index (χ4v) is 2.71. The highest BCUT2D eigenvalue weighted by Crippen LogP contribution is 2.27. The lowest BCUT2D eigenvalue weighted by molar-refractivity contribution is -0.143. The molecule has 2 rings (SSSR count). The first kappa shape index (κ1) is 14.8. The standard InChI is InChI=1S/C15H23N3O2/c1-9(2)14-16-10(3)8-13(18-14)17-12-7-5-4-6-11(12)15(19)20/h8-9,11-12H,4-7H2,1-3H3,(H,19,20)(H,16,17,18). The number of nitrogens with one attached hydrogen (secondary N) is 1. The fraction of sp³-hybridized carbons (Fsp3) is 0.667. The van der Waals surface area contributed by atoms with Crippen molar-refractivity contribution in [3.05, 3.63) is 17.6 Å². The van der Waals surface area contributed by atoms with E-state index in [0.29, 0.717) is 0 Å². The van der Waals surface area contributed by atoms with Crippen molar-refractivity contribution in [2.24, 2.45) is 5.92 Å². The number of hydrogen-bond donors (Lipinski definition) is 2. The second-order valence-corrected chi connectivity index (χ2v) is 5.89. The van der Waals surface area contributed by atoms with E-state index in [1.54, 1.807) is 0 Å². The molecule has 1 aliphatic rings. The van der Waals surface area contributed by atoms with Crippen LogP contribution in [0.2, 0.25) is 0 Å². The summed E-state index contributed by atoms with van der Waals surface area (Å²) in [5.41, 5.74) is 0.911. The Kier molecular flexibility index (Phi) is 4.57. The van der Waals surface area contributed by atoms with Gasteiger partial charge in [0.25, 0.3) is 0 Å². The third kappa shape index (κ3) is 3.46. The van der Waals surface area contributed by atoms with E-state index in [0.717, 1.165) is 43.0 Å². The number of aliphatic carboxylic acids is 1. The summed E-state index contributed by atoms with van der Waals surface area (Å²) in [6, 6.07) is 1.86. The van der Waals surface area contributed by atoms with Crippen molar-refractivity contribution in [2.45, 2.75) is 58.4 Å². The minimum absolute atomic E-state index is 0.0319. The van der Waals surface area contributed by atoms with E-state index >= 15 is 0 Å². The van der Waals surface area contributed by atoms with Crippen LogP contribution in [0.5, 0.6) is 0 Å². The van der Waals surface area contributed by atoms with Crippen molar-refractivity contribution < 1.29 is 9.90 Å². The molecule has 1 aromatic rings. The van der Waals surface area contributed by atoms with Gasteiger partial charge in [-0.2, -0.15) is 0 Å². The SMILES string of the molecule is Cc1cc(NC2CCCCC2C(=O)O)nc(C(C)C)n1. The van der Waals surface area contributed by atoms with Gasteiger partial charge in [-0.3, -0.25) is 4.79 Å². The lowest BCUT2D eigenvalue weighted by atomic mass is 9.84. The Hall–Kier alpha value is -1.65. The number of carboxylic acid groups (broad SMARTS) is 1. The van der Waals surface area contributed by atoms with Crippen LogP contribution in [0, 0.1) is 12.8 Å². The normalized spacial score (nSPS) is 22.8. The first-order valence-corrected chi connectivity index (χ1v) is 7.32. The van der Waals surface area contributed by atoms with Crippen molar-refractivity contribution in [3.63, 3.8) is 0 Å². The lowest BCUT2D eigenvalue weighted by Gasteiger charge is -2.29. The third-order valence-electron chi connectivity index (χ3n) is 3.80. The van der Waals surface area contributed by atoms with Gasteiger partial charge in [-0.25, -0.2) is 9.97 Å². The van der Waals surface area contributed by atoms with Gasteiger partial charge < -0.3 is 10.4 Å². The Labute approximate surface area is 119 Å². The van der Waals surface area contributed by atoms with Gasteiger partial charge in [0.15, 0.2) is 0 Å². The van der Waals surface area contributed by atoms with E-state index in [-0.39, 0.29) is 17.9 Å². The van der Waals surface area contributed by atoms with Crippen molar-refractivity contribution in [3.8, 4) is 0 Å². The molecule has 0 bridgehead atoms. The zero-order valence-electron chi connectivity index (χ0n) is 12.4. The number of carboxylic acids is 1. The molecule has 20 heavy (non-hydrogen) atoms. The minimum atomic E-state index is -0.711. The first-order chi connectivity index (χ1) is 9.47. The first-order valence-electron chi connectivity index (χ1n) is 7.32. The summed E-state index contributed by atoms with van der Waals surface area (Å²) in [7, 11) is 0. The highest BCUT2D eigenvalue weighted by molar-refractivity contribution is 5.71. The van der Waals surface area contributed by atoms with E-state index < -0.39 is 5.97 Å². The molecule has 2 unspecified atom stereocenters. The number of rotatable bonds is 4. The van der Waals surface area contributed by atoms with Crippen LogP contribution in [0.4, 0.5) is 5.82 Å². The molecule has 5 nitrogen and oxygen atoms in total. The predicted molar refractivity (Wildman–Crippen MR) is 77.9 cm³/mol. The Morgan fingerprint density at radius 3 is 2.70 bits per heavy atom. The molecule has 5 heteroatoms. The van der Waals surface area contributed by atoms with Crippen molar-refractivity contribution in [1.29, 1.82) is 0 Å². The molecule has 0 radical (unpaired) electrons. The average molecular weight is 277 g/mol. The van der Waals surface area contributed by atoms with E-state index in [1.807, 2.05) is 13.0 Å². The van der Waals surface area contributed by atoms with Crippen LogP contribution in [-0.2, 0) is 4.79 Å². The fourth-order valence-electron chi connectivity index (χ4n) is 2.71. The van der Waals surface area contributed by atoms with Crippen LogP contribution in [0.1, 0.15) is 57.0 Å². The smallest absolute Gasteiger partial charge is 0.308 e. The Balaban J connectivity index is 2.17. The zero-order chi connectivity index (χ0) is 14.7. The number of hydrogen-bond acceptors (Lipinski definition) is 4. The summed E-state index contributed by atoms with van der Waals surface area (Å²) in [4.78, 5) is 20.2. The number of aromatic nitrogens is 2. The molecule has 0 aliphatic heterocycles. The number of nitrogens with zero attached hydrogens (tertiary/aromatic N) is 2. The van der Waals surface area contributed by atoms with Crippen LogP contribution in [-0.4, -0.2) is 27.1 Å². The lowest BCUT2D eigenvalue weighted by Crippen LogP contribution is -2.37. The zero-order valence-corrected chi connectivity index (χ0v) is 12.4. The highest BCUT2D eigenvalue weighted by Gasteiger charge is 2.31. The van der Waals surface area contributed by atoms with Gasteiger partial charge in [0.2, 0.25) is 0 Å². The molecule has 2 atom stereocenters. The molecule has 1 aliphatic carbocycles. The van der Waals surface area contributed by atoms with Gasteiger partial charge in [0.1, 0.15) is 11.6 Å². The van der Waals surface area contributed by atoms with Crippen LogP contribution in [0.15, 0.2) is 6.07 Å². The third-order valence-corrected chi connectivity index (χ3v) is 3.80. The molecule has 1 aromatic heterocycles. The Bertz CT molecular complexity index is 488. The predicted octanol–water partition coefficient (Wildman–Crippen LogP) is 2.96. The van der Waals surface area contributed by atoms with Gasteiger partial charge in [0, 0.05) is 23.7 Å². The summed E-state index contributed by atoms with van der Waals surface area (Å²) in [5, 5.41) is 12.6.